The molecule has 0 heterocycles. The summed E-state index contributed by atoms with van der Waals surface area (Å²) in [7, 11) is 0. The van der Waals surface area contributed by atoms with Gasteiger partial charge >= 0.3 is 0 Å². The Morgan fingerprint density at radius 2 is 2.20 bits per heavy atom. The van der Waals surface area contributed by atoms with Crippen LogP contribution in [-0.2, 0) is 0 Å². The fraction of sp³-hybridized carbons (Fsp3) is 0.250. The van der Waals surface area contributed by atoms with Crippen LogP contribution in [0.1, 0.15) is 30.4 Å². The molecule has 0 radical (unpaired) electrons. The molecule has 0 saturated carbocycles. The Kier molecular flexibility index (Phi) is 2.42. The van der Waals surface area contributed by atoms with Crippen LogP contribution in [0.4, 0.5) is 10.1 Å². The summed E-state index contributed by atoms with van der Waals surface area (Å²) in [4.78, 5) is 0. The summed E-state index contributed by atoms with van der Waals surface area (Å²) < 4.78 is 13.3. The molecule has 0 aliphatic heterocycles. The van der Waals surface area contributed by atoms with Gasteiger partial charge in [-0.25, -0.2) is 4.39 Å². The Labute approximate surface area is 87.8 Å². The van der Waals surface area contributed by atoms with E-state index in [-0.39, 0.29) is 5.69 Å². The fourth-order valence-electron chi connectivity index (χ4n) is 1.86. The Hall–Kier alpha value is -1.82. The van der Waals surface area contributed by atoms with E-state index < -0.39 is 5.82 Å². The van der Waals surface area contributed by atoms with Crippen LogP contribution < -0.4 is 5.73 Å². The molecule has 76 valence electrons. The van der Waals surface area contributed by atoms with Gasteiger partial charge < -0.3 is 5.73 Å². The van der Waals surface area contributed by atoms with Gasteiger partial charge in [0.25, 0.3) is 0 Å². The van der Waals surface area contributed by atoms with Crippen LogP contribution in [0.5, 0.6) is 0 Å². The zero-order valence-electron chi connectivity index (χ0n) is 8.26. The number of halogens is 1. The highest BCUT2D eigenvalue weighted by atomic mass is 19.1. The first-order chi connectivity index (χ1) is 7.22. The SMILES string of the molecule is N#Cc1cc(N)c(F)cc1C1=CCCC1. The summed E-state index contributed by atoms with van der Waals surface area (Å²) in [6.45, 7) is 0. The lowest BCUT2D eigenvalue weighted by atomic mass is 9.99. The molecule has 2 N–H and O–H groups in total. The van der Waals surface area contributed by atoms with E-state index in [0.29, 0.717) is 11.1 Å². The lowest BCUT2D eigenvalue weighted by molar-refractivity contribution is 0.632. The van der Waals surface area contributed by atoms with Crippen LogP contribution in [0.3, 0.4) is 0 Å². The number of rotatable bonds is 1. The van der Waals surface area contributed by atoms with Crippen molar-refractivity contribution in [2.24, 2.45) is 0 Å². The molecule has 0 aromatic heterocycles. The van der Waals surface area contributed by atoms with Gasteiger partial charge in [-0.1, -0.05) is 6.08 Å². The van der Waals surface area contributed by atoms with E-state index in [1.165, 1.54) is 12.1 Å². The molecule has 15 heavy (non-hydrogen) atoms. The maximum atomic E-state index is 13.3. The van der Waals surface area contributed by atoms with E-state index in [1.54, 1.807) is 0 Å². The number of benzene rings is 1. The highest BCUT2D eigenvalue weighted by molar-refractivity contribution is 5.73. The van der Waals surface area contributed by atoms with E-state index >= 15 is 0 Å². The number of nitriles is 1. The van der Waals surface area contributed by atoms with Crippen molar-refractivity contribution in [1.29, 1.82) is 5.26 Å². The monoisotopic (exact) mass is 202 g/mol. The van der Waals surface area contributed by atoms with Crippen molar-refractivity contribution in [2.75, 3.05) is 5.73 Å². The van der Waals surface area contributed by atoms with Crippen LogP contribution in [0.25, 0.3) is 5.57 Å². The predicted molar refractivity (Wildman–Crippen MR) is 57.4 cm³/mol. The highest BCUT2D eigenvalue weighted by Gasteiger charge is 2.14. The molecule has 0 amide bonds. The van der Waals surface area contributed by atoms with Crippen LogP contribution in [-0.4, -0.2) is 0 Å². The van der Waals surface area contributed by atoms with Gasteiger partial charge in [-0.3, -0.25) is 0 Å². The summed E-state index contributed by atoms with van der Waals surface area (Å²) in [6, 6.07) is 4.83. The Morgan fingerprint density at radius 1 is 1.40 bits per heavy atom. The Morgan fingerprint density at radius 3 is 2.80 bits per heavy atom. The molecule has 2 rings (SSSR count). The van der Waals surface area contributed by atoms with Gasteiger partial charge in [-0.2, -0.15) is 5.26 Å². The number of nitrogen functional groups attached to an aromatic ring is 1. The molecule has 3 heteroatoms. The number of hydrogen-bond donors (Lipinski definition) is 1. The predicted octanol–water partition coefficient (Wildman–Crippen LogP) is 2.85. The second-order valence-electron chi connectivity index (χ2n) is 3.65. The first-order valence-corrected chi connectivity index (χ1v) is 4.91. The largest absolute Gasteiger partial charge is 0.396 e. The topological polar surface area (TPSA) is 49.8 Å². The van der Waals surface area contributed by atoms with Crippen LogP contribution in [0, 0.1) is 17.1 Å². The minimum absolute atomic E-state index is 0.0360. The fourth-order valence-corrected chi connectivity index (χ4v) is 1.86. The molecular weight excluding hydrogens is 191 g/mol. The van der Waals surface area contributed by atoms with Crippen molar-refractivity contribution in [3.8, 4) is 6.07 Å². The summed E-state index contributed by atoms with van der Waals surface area (Å²) in [6.07, 6.45) is 5.06. The molecule has 0 saturated heterocycles. The van der Waals surface area contributed by atoms with Gasteiger partial charge in [0.15, 0.2) is 0 Å². The minimum atomic E-state index is -0.447. The third-order valence-corrected chi connectivity index (χ3v) is 2.64. The van der Waals surface area contributed by atoms with Gasteiger partial charge in [0.05, 0.1) is 17.3 Å². The van der Waals surface area contributed by atoms with E-state index in [0.717, 1.165) is 24.8 Å². The number of nitrogens with two attached hydrogens (primary N) is 1. The molecule has 1 aromatic carbocycles. The first-order valence-electron chi connectivity index (χ1n) is 4.91. The molecule has 0 fully saturated rings. The molecule has 0 atom stereocenters. The van der Waals surface area contributed by atoms with Crippen LogP contribution >= 0.6 is 0 Å². The number of anilines is 1. The first kappa shape index (κ1) is 9.72. The zero-order valence-corrected chi connectivity index (χ0v) is 8.26. The third kappa shape index (κ3) is 1.71. The Balaban J connectivity index is 2.55. The van der Waals surface area contributed by atoms with Crippen molar-refractivity contribution in [2.45, 2.75) is 19.3 Å². The maximum absolute atomic E-state index is 13.3. The number of nitrogens with zero attached hydrogens (tertiary/aromatic N) is 1. The van der Waals surface area contributed by atoms with E-state index in [2.05, 4.69) is 12.1 Å². The second kappa shape index (κ2) is 3.74. The van der Waals surface area contributed by atoms with Crippen molar-refractivity contribution in [3.05, 3.63) is 35.2 Å². The lowest BCUT2D eigenvalue weighted by Gasteiger charge is -2.06. The van der Waals surface area contributed by atoms with Gasteiger partial charge in [0, 0.05) is 0 Å². The van der Waals surface area contributed by atoms with Crippen molar-refractivity contribution < 1.29 is 4.39 Å². The average molecular weight is 202 g/mol. The molecule has 0 bridgehead atoms. The second-order valence-corrected chi connectivity index (χ2v) is 3.65. The summed E-state index contributed by atoms with van der Waals surface area (Å²) >= 11 is 0. The van der Waals surface area contributed by atoms with Gasteiger partial charge in [0.1, 0.15) is 5.82 Å². The van der Waals surface area contributed by atoms with Crippen molar-refractivity contribution in [3.63, 3.8) is 0 Å². The normalized spacial score (nSPS) is 14.8. The van der Waals surface area contributed by atoms with E-state index in [1.807, 2.05) is 0 Å². The molecule has 0 spiro atoms. The average Bonchev–Trinajstić information content (AvgIpc) is 2.74. The van der Waals surface area contributed by atoms with Gasteiger partial charge in [0.2, 0.25) is 0 Å². The molecule has 1 aliphatic rings. The molecule has 1 aromatic rings. The highest BCUT2D eigenvalue weighted by Crippen LogP contribution is 2.31. The van der Waals surface area contributed by atoms with E-state index in [9.17, 15) is 4.39 Å². The standard InChI is InChI=1S/C12H11FN2/c13-11-6-10(8-3-1-2-4-8)9(7-14)5-12(11)15/h3,5-6H,1-2,4,15H2. The van der Waals surface area contributed by atoms with Crippen molar-refractivity contribution in [1.82, 2.24) is 0 Å². The summed E-state index contributed by atoms with van der Waals surface area (Å²) in [5.74, 6) is -0.447. The summed E-state index contributed by atoms with van der Waals surface area (Å²) in [5, 5.41) is 8.94. The third-order valence-electron chi connectivity index (χ3n) is 2.64. The smallest absolute Gasteiger partial charge is 0.146 e. The number of hydrogen-bond acceptors (Lipinski definition) is 2. The molecule has 2 nitrogen and oxygen atoms in total. The van der Waals surface area contributed by atoms with E-state index in [4.69, 9.17) is 11.0 Å². The van der Waals surface area contributed by atoms with Gasteiger partial charge in [-0.15, -0.1) is 0 Å². The zero-order chi connectivity index (χ0) is 10.8. The minimum Gasteiger partial charge on any atom is -0.396 e. The van der Waals surface area contributed by atoms with Gasteiger partial charge in [-0.05, 0) is 42.5 Å². The number of allylic oxidation sites excluding steroid dienone is 2. The molecule has 1 aliphatic carbocycles. The van der Waals surface area contributed by atoms with Crippen LogP contribution in [0.2, 0.25) is 0 Å². The van der Waals surface area contributed by atoms with Crippen molar-refractivity contribution >= 4 is 11.3 Å². The quantitative estimate of drug-likeness (QED) is 0.712. The molecular formula is C12H11FN2. The summed E-state index contributed by atoms with van der Waals surface area (Å²) in [5.41, 5.74) is 7.67. The maximum Gasteiger partial charge on any atom is 0.146 e. The lowest BCUT2D eigenvalue weighted by Crippen LogP contribution is -1.96. The Bertz CT molecular complexity index is 469. The molecule has 0 unspecified atom stereocenters. The van der Waals surface area contributed by atoms with Crippen LogP contribution in [0.15, 0.2) is 18.2 Å².